The third-order valence-electron chi connectivity index (χ3n) is 3.23. The molecule has 3 N–H and O–H groups in total. The topological polar surface area (TPSA) is 80.5 Å². The number of anilines is 1. The van der Waals surface area contributed by atoms with Gasteiger partial charge in [0.05, 0.1) is 25.5 Å². The number of nitrogens with one attached hydrogen (secondary N) is 1. The number of nitrogens with zero attached hydrogens (tertiary/aromatic N) is 2. The fourth-order valence-corrected chi connectivity index (χ4v) is 2.09. The van der Waals surface area contributed by atoms with Gasteiger partial charge in [-0.05, 0) is 18.9 Å². The predicted molar refractivity (Wildman–Crippen MR) is 73.1 cm³/mol. The second-order valence-corrected chi connectivity index (χ2v) is 4.75. The molecule has 1 amide bonds. The van der Waals surface area contributed by atoms with Crippen LogP contribution in [0.3, 0.4) is 0 Å². The Morgan fingerprint density at radius 1 is 1.53 bits per heavy atom. The van der Waals surface area contributed by atoms with E-state index in [1.54, 1.807) is 25.4 Å². The molecule has 1 aromatic rings. The van der Waals surface area contributed by atoms with Crippen LogP contribution in [0.5, 0.6) is 5.88 Å². The van der Waals surface area contributed by atoms with Gasteiger partial charge in [-0.25, -0.2) is 4.98 Å². The van der Waals surface area contributed by atoms with Gasteiger partial charge in [-0.1, -0.05) is 0 Å². The van der Waals surface area contributed by atoms with Crippen LogP contribution in [-0.4, -0.2) is 48.6 Å². The van der Waals surface area contributed by atoms with Crippen molar-refractivity contribution < 1.29 is 9.53 Å². The van der Waals surface area contributed by atoms with Gasteiger partial charge in [0.1, 0.15) is 0 Å². The molecule has 1 aliphatic rings. The van der Waals surface area contributed by atoms with Gasteiger partial charge in [0.15, 0.2) is 0 Å². The Morgan fingerprint density at radius 3 is 2.84 bits per heavy atom. The van der Waals surface area contributed by atoms with E-state index in [1.807, 2.05) is 0 Å². The van der Waals surface area contributed by atoms with Crippen molar-refractivity contribution in [1.29, 1.82) is 0 Å². The van der Waals surface area contributed by atoms with Gasteiger partial charge >= 0.3 is 0 Å². The van der Waals surface area contributed by atoms with Gasteiger partial charge < -0.3 is 15.8 Å². The molecule has 2 rings (SSSR count). The average molecular weight is 264 g/mol. The molecule has 0 aliphatic carbocycles. The van der Waals surface area contributed by atoms with Crippen LogP contribution in [-0.2, 0) is 4.79 Å². The summed E-state index contributed by atoms with van der Waals surface area (Å²) in [5, 5.41) is 2.82. The minimum atomic E-state index is -0.0255. The molecule has 0 aromatic carbocycles. The minimum Gasteiger partial charge on any atom is -0.481 e. The highest BCUT2D eigenvalue weighted by atomic mass is 16.5. The maximum Gasteiger partial charge on any atom is 0.238 e. The third kappa shape index (κ3) is 4.18. The fourth-order valence-electron chi connectivity index (χ4n) is 2.09. The number of pyridine rings is 1. The second kappa shape index (κ2) is 6.49. The van der Waals surface area contributed by atoms with Gasteiger partial charge in [-0.15, -0.1) is 0 Å². The number of hydrogen-bond acceptors (Lipinski definition) is 5. The molecule has 0 unspecified atom stereocenters. The van der Waals surface area contributed by atoms with Crippen molar-refractivity contribution in [3.63, 3.8) is 0 Å². The summed E-state index contributed by atoms with van der Waals surface area (Å²) in [6, 6.07) is 3.77. The number of nitrogens with two attached hydrogens (primary N) is 1. The Labute approximate surface area is 112 Å². The average Bonchev–Trinajstić information content (AvgIpc) is 2.42. The van der Waals surface area contributed by atoms with Crippen LogP contribution < -0.4 is 15.8 Å². The summed E-state index contributed by atoms with van der Waals surface area (Å²) in [5.41, 5.74) is 6.51. The largest absolute Gasteiger partial charge is 0.481 e. The smallest absolute Gasteiger partial charge is 0.238 e. The van der Waals surface area contributed by atoms with Gasteiger partial charge in [0, 0.05) is 25.2 Å². The van der Waals surface area contributed by atoms with Gasteiger partial charge in [-0.2, -0.15) is 0 Å². The van der Waals surface area contributed by atoms with Crippen molar-refractivity contribution in [3.8, 4) is 5.88 Å². The van der Waals surface area contributed by atoms with Crippen molar-refractivity contribution in [2.75, 3.05) is 32.1 Å². The van der Waals surface area contributed by atoms with E-state index in [4.69, 9.17) is 10.5 Å². The summed E-state index contributed by atoms with van der Waals surface area (Å²) in [4.78, 5) is 18.0. The predicted octanol–water partition coefficient (Wildman–Crippen LogP) is 0.452. The Bertz CT molecular complexity index is 413. The molecule has 6 heteroatoms. The van der Waals surface area contributed by atoms with Crippen molar-refractivity contribution >= 4 is 11.6 Å². The molecule has 0 bridgehead atoms. The van der Waals surface area contributed by atoms with Crippen LogP contribution in [0.1, 0.15) is 12.8 Å². The van der Waals surface area contributed by atoms with Crippen molar-refractivity contribution in [2.45, 2.75) is 18.9 Å². The van der Waals surface area contributed by atoms with Crippen molar-refractivity contribution in [1.82, 2.24) is 9.88 Å². The number of ether oxygens (including phenoxy) is 1. The van der Waals surface area contributed by atoms with E-state index < -0.39 is 0 Å². The highest BCUT2D eigenvalue weighted by Gasteiger charge is 2.18. The molecule has 1 aromatic heterocycles. The summed E-state index contributed by atoms with van der Waals surface area (Å²) in [6.45, 7) is 2.17. The summed E-state index contributed by atoms with van der Waals surface area (Å²) in [7, 11) is 1.56. The first-order valence-electron chi connectivity index (χ1n) is 6.45. The van der Waals surface area contributed by atoms with Crippen molar-refractivity contribution in [3.05, 3.63) is 18.3 Å². The molecule has 2 heterocycles. The van der Waals surface area contributed by atoms with E-state index in [0.29, 0.717) is 18.1 Å². The normalized spacial score (nSPS) is 17.2. The van der Waals surface area contributed by atoms with E-state index in [9.17, 15) is 4.79 Å². The quantitative estimate of drug-likeness (QED) is 0.825. The molecule has 1 aliphatic heterocycles. The molecule has 1 fully saturated rings. The Hall–Kier alpha value is -1.66. The molecule has 0 radical (unpaired) electrons. The summed E-state index contributed by atoms with van der Waals surface area (Å²) in [6.07, 6.45) is 3.50. The van der Waals surface area contributed by atoms with Gasteiger partial charge in [0.25, 0.3) is 0 Å². The van der Waals surface area contributed by atoms with Crippen LogP contribution in [0.15, 0.2) is 18.3 Å². The lowest BCUT2D eigenvalue weighted by Crippen LogP contribution is -2.43. The number of likely N-dealkylation sites (tertiary alicyclic amines) is 1. The van der Waals surface area contributed by atoms with Crippen molar-refractivity contribution in [2.24, 2.45) is 5.73 Å². The summed E-state index contributed by atoms with van der Waals surface area (Å²) < 4.78 is 4.96. The molecular formula is C13H20N4O2. The zero-order chi connectivity index (χ0) is 13.7. The van der Waals surface area contributed by atoms with Crippen LogP contribution >= 0.6 is 0 Å². The molecule has 0 saturated carbocycles. The zero-order valence-corrected chi connectivity index (χ0v) is 11.1. The number of carbonyl (C=O) groups excluding carboxylic acids is 1. The summed E-state index contributed by atoms with van der Waals surface area (Å²) >= 11 is 0. The standard InChI is InChI=1S/C13H20N4O2/c1-19-13-3-2-11(8-15-13)16-12(18)9-17-6-4-10(14)5-7-17/h2-3,8,10H,4-7,9,14H2,1H3,(H,16,18). The molecule has 0 atom stereocenters. The summed E-state index contributed by atoms with van der Waals surface area (Å²) in [5.74, 6) is 0.505. The Balaban J connectivity index is 1.80. The number of hydrogen-bond donors (Lipinski definition) is 2. The number of aromatic nitrogens is 1. The van der Waals surface area contributed by atoms with E-state index in [-0.39, 0.29) is 11.9 Å². The number of carbonyl (C=O) groups is 1. The lowest BCUT2D eigenvalue weighted by atomic mass is 10.1. The van der Waals surface area contributed by atoms with Crippen LogP contribution in [0.2, 0.25) is 0 Å². The number of piperidine rings is 1. The molecule has 104 valence electrons. The van der Waals surface area contributed by atoms with E-state index in [0.717, 1.165) is 25.9 Å². The Morgan fingerprint density at radius 2 is 2.26 bits per heavy atom. The van der Waals surface area contributed by atoms with Gasteiger partial charge in [-0.3, -0.25) is 9.69 Å². The van der Waals surface area contributed by atoms with Crippen LogP contribution in [0, 0.1) is 0 Å². The first-order chi connectivity index (χ1) is 9.17. The Kier molecular flexibility index (Phi) is 4.70. The fraction of sp³-hybridized carbons (Fsp3) is 0.538. The highest BCUT2D eigenvalue weighted by Crippen LogP contribution is 2.12. The first-order valence-corrected chi connectivity index (χ1v) is 6.45. The lowest BCUT2D eigenvalue weighted by Gasteiger charge is -2.29. The van der Waals surface area contributed by atoms with E-state index in [2.05, 4.69) is 15.2 Å². The van der Waals surface area contributed by atoms with Gasteiger partial charge in [0.2, 0.25) is 11.8 Å². The number of methoxy groups -OCH3 is 1. The number of rotatable bonds is 4. The molecule has 19 heavy (non-hydrogen) atoms. The molecule has 0 spiro atoms. The molecule has 1 saturated heterocycles. The zero-order valence-electron chi connectivity index (χ0n) is 11.1. The van der Waals surface area contributed by atoms with Crippen LogP contribution in [0.4, 0.5) is 5.69 Å². The molecule has 6 nitrogen and oxygen atoms in total. The lowest BCUT2D eigenvalue weighted by molar-refractivity contribution is -0.117. The molecular weight excluding hydrogens is 244 g/mol. The third-order valence-corrected chi connectivity index (χ3v) is 3.23. The monoisotopic (exact) mass is 264 g/mol. The highest BCUT2D eigenvalue weighted by molar-refractivity contribution is 5.92. The minimum absolute atomic E-state index is 0.0255. The van der Waals surface area contributed by atoms with E-state index >= 15 is 0 Å². The number of amides is 1. The van der Waals surface area contributed by atoms with Crippen LogP contribution in [0.25, 0.3) is 0 Å². The SMILES string of the molecule is COc1ccc(NC(=O)CN2CCC(N)CC2)cn1. The maximum atomic E-state index is 11.9. The maximum absolute atomic E-state index is 11.9. The second-order valence-electron chi connectivity index (χ2n) is 4.75. The van der Waals surface area contributed by atoms with E-state index in [1.165, 1.54) is 0 Å². The first kappa shape index (κ1) is 13.8.